The Kier molecular flexibility index (Phi) is 4.36. The summed E-state index contributed by atoms with van der Waals surface area (Å²) in [5.41, 5.74) is 0.301. The lowest BCUT2D eigenvalue weighted by Gasteiger charge is -2.32. The van der Waals surface area contributed by atoms with Gasteiger partial charge in [0, 0.05) is 18.8 Å². The molecule has 1 N–H and O–H groups in total. The van der Waals surface area contributed by atoms with Gasteiger partial charge in [0.15, 0.2) is 0 Å². The fourth-order valence-electron chi connectivity index (χ4n) is 2.60. The van der Waals surface area contributed by atoms with E-state index >= 15 is 0 Å². The summed E-state index contributed by atoms with van der Waals surface area (Å²) in [5, 5.41) is 3.01. The van der Waals surface area contributed by atoms with E-state index < -0.39 is 11.9 Å². The summed E-state index contributed by atoms with van der Waals surface area (Å²) in [7, 11) is 1.51. The summed E-state index contributed by atoms with van der Waals surface area (Å²) >= 11 is 0. The normalized spacial score (nSPS) is 17.9. The third-order valence-corrected chi connectivity index (χ3v) is 3.72. The Morgan fingerprint density at radius 3 is 2.96 bits per heavy atom. The van der Waals surface area contributed by atoms with Crippen molar-refractivity contribution in [2.24, 2.45) is 0 Å². The van der Waals surface area contributed by atoms with Gasteiger partial charge < -0.3 is 15.0 Å². The van der Waals surface area contributed by atoms with Crippen LogP contribution in [0.4, 0.5) is 16.0 Å². The predicted molar refractivity (Wildman–Crippen MR) is 84.0 cm³/mol. The minimum atomic E-state index is -0.490. The molecule has 1 atom stereocenters. The molecule has 2 heterocycles. The fourth-order valence-corrected chi connectivity index (χ4v) is 2.60. The van der Waals surface area contributed by atoms with E-state index in [9.17, 15) is 9.18 Å². The zero-order valence-corrected chi connectivity index (χ0v) is 12.7. The molecule has 1 aliphatic rings. The first kappa shape index (κ1) is 15.2. The van der Waals surface area contributed by atoms with E-state index in [1.54, 1.807) is 30.5 Å². The summed E-state index contributed by atoms with van der Waals surface area (Å²) in [6.07, 6.45) is 2.96. The van der Waals surface area contributed by atoms with E-state index in [4.69, 9.17) is 4.74 Å². The Balaban J connectivity index is 1.78. The number of hydrogen-bond acceptors (Lipinski definition) is 5. The summed E-state index contributed by atoms with van der Waals surface area (Å²) in [4.78, 5) is 22.3. The number of ether oxygens (including phenoxy) is 1. The third kappa shape index (κ3) is 3.23. The summed E-state index contributed by atoms with van der Waals surface area (Å²) in [6, 6.07) is 7.42. The van der Waals surface area contributed by atoms with Gasteiger partial charge in [-0.2, -0.15) is 4.98 Å². The second-order valence-electron chi connectivity index (χ2n) is 5.20. The lowest BCUT2D eigenvalue weighted by Crippen LogP contribution is -2.48. The van der Waals surface area contributed by atoms with Gasteiger partial charge in [-0.1, -0.05) is 12.1 Å². The minimum absolute atomic E-state index is 0.187. The van der Waals surface area contributed by atoms with Gasteiger partial charge >= 0.3 is 0 Å². The van der Waals surface area contributed by atoms with Gasteiger partial charge in [-0.25, -0.2) is 9.37 Å². The third-order valence-electron chi connectivity index (χ3n) is 3.72. The average Bonchev–Trinajstić information content (AvgIpc) is 2.58. The molecule has 1 saturated heterocycles. The second-order valence-corrected chi connectivity index (χ2v) is 5.20. The van der Waals surface area contributed by atoms with E-state index in [0.717, 1.165) is 6.42 Å². The monoisotopic (exact) mass is 316 g/mol. The molecule has 2 aromatic rings. The fraction of sp³-hybridized carbons (Fsp3) is 0.312. The van der Waals surface area contributed by atoms with E-state index in [2.05, 4.69) is 15.3 Å². The van der Waals surface area contributed by atoms with Gasteiger partial charge in [-0.05, 0) is 25.0 Å². The van der Waals surface area contributed by atoms with Crippen LogP contribution in [0.2, 0.25) is 0 Å². The maximum absolute atomic E-state index is 13.9. The number of aromatic nitrogens is 2. The van der Waals surface area contributed by atoms with Crippen molar-refractivity contribution in [2.45, 2.75) is 18.9 Å². The average molecular weight is 316 g/mol. The number of methoxy groups -OCH3 is 1. The van der Waals surface area contributed by atoms with Gasteiger partial charge in [0.25, 0.3) is 0 Å². The molecule has 1 aromatic carbocycles. The number of piperidine rings is 1. The molecule has 0 radical (unpaired) electrons. The summed E-state index contributed by atoms with van der Waals surface area (Å²) in [6.45, 7) is 0.497. The zero-order chi connectivity index (χ0) is 16.2. The molecule has 23 heavy (non-hydrogen) atoms. The maximum Gasteiger partial charge on any atom is 0.249 e. The number of benzene rings is 1. The first-order valence-corrected chi connectivity index (χ1v) is 7.38. The molecule has 0 saturated carbocycles. The van der Waals surface area contributed by atoms with Gasteiger partial charge in [0.2, 0.25) is 17.7 Å². The number of carbonyl (C=O) groups is 1. The highest BCUT2D eigenvalue weighted by atomic mass is 19.1. The van der Waals surface area contributed by atoms with E-state index in [-0.39, 0.29) is 5.91 Å². The molecule has 1 unspecified atom stereocenters. The molecule has 0 aliphatic carbocycles. The van der Waals surface area contributed by atoms with Crippen molar-refractivity contribution in [2.75, 3.05) is 23.9 Å². The van der Waals surface area contributed by atoms with E-state index in [0.29, 0.717) is 30.5 Å². The number of amides is 1. The van der Waals surface area contributed by atoms with Gasteiger partial charge in [0.05, 0.1) is 12.8 Å². The van der Waals surface area contributed by atoms with Crippen LogP contribution in [0.1, 0.15) is 12.8 Å². The molecule has 6 nitrogen and oxygen atoms in total. The predicted octanol–water partition coefficient (Wildman–Crippen LogP) is 2.23. The maximum atomic E-state index is 13.9. The van der Waals surface area contributed by atoms with Gasteiger partial charge in [-0.15, -0.1) is 0 Å². The standard InChI is InChI=1S/C16H17FN4O2/c1-23-14-8-9-18-16(20-14)19-12-6-4-10-21(15(12)22)13-7-3-2-5-11(13)17/h2-3,5,7-9,12H,4,6,10H2,1H3,(H,18,19,20). The molecule has 1 fully saturated rings. The van der Waals surface area contributed by atoms with Crippen molar-refractivity contribution < 1.29 is 13.9 Å². The molecule has 1 amide bonds. The molecular weight excluding hydrogens is 299 g/mol. The molecule has 120 valence electrons. The highest BCUT2D eigenvalue weighted by Crippen LogP contribution is 2.25. The second kappa shape index (κ2) is 6.60. The highest BCUT2D eigenvalue weighted by Gasteiger charge is 2.31. The smallest absolute Gasteiger partial charge is 0.249 e. The van der Waals surface area contributed by atoms with Gasteiger partial charge in [0.1, 0.15) is 11.9 Å². The summed E-state index contributed by atoms with van der Waals surface area (Å²) < 4.78 is 19.0. The van der Waals surface area contributed by atoms with Crippen LogP contribution in [0.25, 0.3) is 0 Å². The number of carbonyl (C=O) groups excluding carboxylic acids is 1. The quantitative estimate of drug-likeness (QED) is 0.937. The van der Waals surface area contributed by atoms with E-state index in [1.165, 1.54) is 18.1 Å². The van der Waals surface area contributed by atoms with Crippen molar-refractivity contribution >= 4 is 17.5 Å². The first-order valence-electron chi connectivity index (χ1n) is 7.38. The lowest BCUT2D eigenvalue weighted by molar-refractivity contribution is -0.120. The summed E-state index contributed by atoms with van der Waals surface area (Å²) in [5.74, 6) is 0.140. The van der Waals surface area contributed by atoms with Crippen LogP contribution >= 0.6 is 0 Å². The Labute approximate surface area is 133 Å². The van der Waals surface area contributed by atoms with Crippen LogP contribution in [0.15, 0.2) is 36.5 Å². The molecule has 7 heteroatoms. The number of nitrogens with one attached hydrogen (secondary N) is 1. The topological polar surface area (TPSA) is 67.3 Å². The molecule has 1 aliphatic heterocycles. The van der Waals surface area contributed by atoms with Crippen molar-refractivity contribution in [3.63, 3.8) is 0 Å². The Bertz CT molecular complexity index is 710. The largest absolute Gasteiger partial charge is 0.481 e. The van der Waals surface area contributed by atoms with Crippen LogP contribution in [-0.2, 0) is 4.79 Å². The van der Waals surface area contributed by atoms with Crippen molar-refractivity contribution in [3.05, 3.63) is 42.3 Å². The van der Waals surface area contributed by atoms with Crippen molar-refractivity contribution in [1.29, 1.82) is 0 Å². The number of anilines is 2. The van der Waals surface area contributed by atoms with Crippen molar-refractivity contribution in [3.8, 4) is 5.88 Å². The Hall–Kier alpha value is -2.70. The Morgan fingerprint density at radius 2 is 2.17 bits per heavy atom. The van der Waals surface area contributed by atoms with Crippen LogP contribution in [0.5, 0.6) is 5.88 Å². The van der Waals surface area contributed by atoms with Crippen LogP contribution in [0.3, 0.4) is 0 Å². The minimum Gasteiger partial charge on any atom is -0.481 e. The van der Waals surface area contributed by atoms with Gasteiger partial charge in [-0.3, -0.25) is 4.79 Å². The number of halogens is 1. The molecule has 3 rings (SSSR count). The van der Waals surface area contributed by atoms with Crippen molar-refractivity contribution in [1.82, 2.24) is 9.97 Å². The molecule has 0 bridgehead atoms. The number of hydrogen-bond donors (Lipinski definition) is 1. The van der Waals surface area contributed by atoms with E-state index in [1.807, 2.05) is 0 Å². The molecular formula is C16H17FN4O2. The van der Waals surface area contributed by atoms with Crippen LogP contribution in [0, 0.1) is 5.82 Å². The number of nitrogens with zero attached hydrogens (tertiary/aromatic N) is 3. The number of rotatable bonds is 4. The number of para-hydroxylation sites is 1. The Morgan fingerprint density at radius 1 is 1.35 bits per heavy atom. The molecule has 0 spiro atoms. The first-order chi connectivity index (χ1) is 11.2. The SMILES string of the molecule is COc1ccnc(NC2CCCN(c3ccccc3F)C2=O)n1. The van der Waals surface area contributed by atoms with Crippen LogP contribution in [-0.4, -0.2) is 35.6 Å². The zero-order valence-electron chi connectivity index (χ0n) is 12.7. The van der Waals surface area contributed by atoms with Crippen LogP contribution < -0.4 is 15.0 Å². The molecule has 1 aromatic heterocycles. The highest BCUT2D eigenvalue weighted by molar-refractivity contribution is 5.99. The lowest BCUT2D eigenvalue weighted by atomic mass is 10.0.